The first-order valence-corrected chi connectivity index (χ1v) is 4.76. The summed E-state index contributed by atoms with van der Waals surface area (Å²) in [5.74, 6) is 0.618. The minimum absolute atomic E-state index is 0.0515. The minimum Gasteiger partial charge on any atom is -0.338 e. The molecule has 0 aliphatic rings. The molecule has 2 amide bonds. The molecule has 12 heavy (non-hydrogen) atoms. The van der Waals surface area contributed by atoms with Gasteiger partial charge in [-0.25, -0.2) is 4.79 Å². The van der Waals surface area contributed by atoms with Gasteiger partial charge < -0.3 is 10.6 Å². The van der Waals surface area contributed by atoms with E-state index in [-0.39, 0.29) is 6.03 Å². The predicted octanol–water partition coefficient (Wildman–Crippen LogP) is 1.74. The molecule has 3 nitrogen and oxygen atoms in total. The summed E-state index contributed by atoms with van der Waals surface area (Å²) < 4.78 is 0. The fourth-order valence-corrected chi connectivity index (χ4v) is 1.04. The molecule has 0 saturated heterocycles. The summed E-state index contributed by atoms with van der Waals surface area (Å²) in [5.41, 5.74) is 0. The van der Waals surface area contributed by atoms with Crippen LogP contribution < -0.4 is 10.6 Å². The third-order valence-electron chi connectivity index (χ3n) is 2.04. The van der Waals surface area contributed by atoms with Crippen LogP contribution in [0.5, 0.6) is 0 Å². The third kappa shape index (κ3) is 4.99. The van der Waals surface area contributed by atoms with Crippen LogP contribution in [-0.4, -0.2) is 19.1 Å². The number of hydrogen-bond donors (Lipinski definition) is 2. The number of amides is 2. The predicted molar refractivity (Wildman–Crippen MR) is 51.1 cm³/mol. The maximum absolute atomic E-state index is 11.0. The number of carbonyl (C=O) groups excluding carboxylic acids is 1. The van der Waals surface area contributed by atoms with Crippen LogP contribution in [0.3, 0.4) is 0 Å². The van der Waals surface area contributed by atoms with Crippen LogP contribution in [0.15, 0.2) is 0 Å². The van der Waals surface area contributed by atoms with Gasteiger partial charge in [0.1, 0.15) is 0 Å². The average molecular weight is 172 g/mol. The Kier molecular flexibility index (Phi) is 6.53. The number of hydrogen-bond acceptors (Lipinski definition) is 1. The van der Waals surface area contributed by atoms with Gasteiger partial charge in [0.2, 0.25) is 0 Å². The van der Waals surface area contributed by atoms with E-state index in [0.717, 1.165) is 19.4 Å². The Morgan fingerprint density at radius 3 is 2.17 bits per heavy atom. The highest BCUT2D eigenvalue weighted by Crippen LogP contribution is 2.04. The van der Waals surface area contributed by atoms with Gasteiger partial charge in [-0.3, -0.25) is 0 Å². The highest BCUT2D eigenvalue weighted by Gasteiger charge is 2.04. The smallest absolute Gasteiger partial charge is 0.314 e. The standard InChI is InChI=1S/C9H20N2O/c1-4-8(5-2)7-11-9(12)10-6-3/h8H,4-7H2,1-3H3,(H2,10,11,12). The quantitative estimate of drug-likeness (QED) is 0.651. The summed E-state index contributed by atoms with van der Waals surface area (Å²) in [6.07, 6.45) is 2.26. The van der Waals surface area contributed by atoms with Crippen molar-refractivity contribution in [1.29, 1.82) is 0 Å². The molecule has 0 heterocycles. The summed E-state index contributed by atoms with van der Waals surface area (Å²) in [6, 6.07) is -0.0515. The monoisotopic (exact) mass is 172 g/mol. The van der Waals surface area contributed by atoms with Gasteiger partial charge in [0.25, 0.3) is 0 Å². The first-order valence-electron chi connectivity index (χ1n) is 4.76. The maximum atomic E-state index is 11.0. The number of urea groups is 1. The number of rotatable bonds is 5. The molecule has 0 bridgehead atoms. The molecule has 0 aliphatic carbocycles. The molecule has 0 spiro atoms. The fourth-order valence-electron chi connectivity index (χ4n) is 1.04. The highest BCUT2D eigenvalue weighted by molar-refractivity contribution is 5.73. The first-order chi connectivity index (χ1) is 5.74. The van der Waals surface area contributed by atoms with Gasteiger partial charge in [-0.15, -0.1) is 0 Å². The molecule has 0 atom stereocenters. The molecular formula is C9H20N2O. The fraction of sp³-hybridized carbons (Fsp3) is 0.889. The highest BCUT2D eigenvalue weighted by atomic mass is 16.2. The van der Waals surface area contributed by atoms with E-state index >= 15 is 0 Å². The molecule has 2 N–H and O–H groups in total. The van der Waals surface area contributed by atoms with Gasteiger partial charge >= 0.3 is 6.03 Å². The third-order valence-corrected chi connectivity index (χ3v) is 2.04. The van der Waals surface area contributed by atoms with Crippen molar-refractivity contribution in [2.24, 2.45) is 5.92 Å². The van der Waals surface area contributed by atoms with Gasteiger partial charge in [0.15, 0.2) is 0 Å². The first kappa shape index (κ1) is 11.3. The summed E-state index contributed by atoms with van der Waals surface area (Å²) >= 11 is 0. The van der Waals surface area contributed by atoms with Crippen LogP contribution in [-0.2, 0) is 0 Å². The van der Waals surface area contributed by atoms with Gasteiger partial charge in [0, 0.05) is 13.1 Å². The van der Waals surface area contributed by atoms with E-state index in [1.165, 1.54) is 0 Å². The Hall–Kier alpha value is -0.730. The van der Waals surface area contributed by atoms with E-state index < -0.39 is 0 Å². The van der Waals surface area contributed by atoms with Crippen LogP contribution >= 0.6 is 0 Å². The van der Waals surface area contributed by atoms with E-state index in [2.05, 4.69) is 24.5 Å². The normalized spacial score (nSPS) is 10.0. The molecule has 0 aromatic rings. The van der Waals surface area contributed by atoms with E-state index in [0.29, 0.717) is 12.5 Å². The van der Waals surface area contributed by atoms with Crippen molar-refractivity contribution in [3.8, 4) is 0 Å². The van der Waals surface area contributed by atoms with Crippen molar-refractivity contribution < 1.29 is 4.79 Å². The van der Waals surface area contributed by atoms with Gasteiger partial charge in [-0.05, 0) is 12.8 Å². The van der Waals surface area contributed by atoms with E-state index in [1.807, 2.05) is 6.92 Å². The molecule has 72 valence electrons. The van der Waals surface area contributed by atoms with Gasteiger partial charge in [0.05, 0.1) is 0 Å². The molecule has 0 aliphatic heterocycles. The lowest BCUT2D eigenvalue weighted by molar-refractivity contribution is 0.239. The lowest BCUT2D eigenvalue weighted by Gasteiger charge is -2.13. The van der Waals surface area contributed by atoms with Crippen molar-refractivity contribution in [3.05, 3.63) is 0 Å². The molecular weight excluding hydrogens is 152 g/mol. The van der Waals surface area contributed by atoms with Crippen LogP contribution in [0.25, 0.3) is 0 Å². The topological polar surface area (TPSA) is 41.1 Å². The zero-order valence-electron chi connectivity index (χ0n) is 8.31. The number of nitrogens with one attached hydrogen (secondary N) is 2. The van der Waals surface area contributed by atoms with Gasteiger partial charge in [-0.1, -0.05) is 26.7 Å². The van der Waals surface area contributed by atoms with Crippen LogP contribution in [0, 0.1) is 5.92 Å². The summed E-state index contributed by atoms with van der Waals surface area (Å²) in [4.78, 5) is 11.0. The average Bonchev–Trinajstić information content (AvgIpc) is 2.07. The molecule has 0 radical (unpaired) electrons. The Morgan fingerprint density at radius 2 is 1.75 bits per heavy atom. The maximum Gasteiger partial charge on any atom is 0.314 e. The molecule has 0 aromatic carbocycles. The lowest BCUT2D eigenvalue weighted by atomic mass is 10.0. The zero-order chi connectivity index (χ0) is 9.40. The van der Waals surface area contributed by atoms with Crippen molar-refractivity contribution in [2.75, 3.05) is 13.1 Å². The lowest BCUT2D eigenvalue weighted by Crippen LogP contribution is -2.37. The molecule has 0 aromatic heterocycles. The van der Waals surface area contributed by atoms with Crippen molar-refractivity contribution in [2.45, 2.75) is 33.6 Å². The van der Waals surface area contributed by atoms with Crippen LogP contribution in [0.4, 0.5) is 4.79 Å². The molecule has 3 heteroatoms. The van der Waals surface area contributed by atoms with E-state index in [1.54, 1.807) is 0 Å². The Balaban J connectivity index is 3.44. The van der Waals surface area contributed by atoms with Crippen molar-refractivity contribution >= 4 is 6.03 Å². The second-order valence-corrected chi connectivity index (χ2v) is 2.92. The second-order valence-electron chi connectivity index (χ2n) is 2.92. The summed E-state index contributed by atoms with van der Waals surface area (Å²) in [7, 11) is 0. The number of carbonyl (C=O) groups is 1. The van der Waals surface area contributed by atoms with Crippen LogP contribution in [0.1, 0.15) is 33.6 Å². The molecule has 0 saturated carbocycles. The largest absolute Gasteiger partial charge is 0.338 e. The summed E-state index contributed by atoms with van der Waals surface area (Å²) in [6.45, 7) is 7.69. The van der Waals surface area contributed by atoms with E-state index in [9.17, 15) is 4.79 Å². The SMILES string of the molecule is CCNC(=O)NCC(CC)CC. The van der Waals surface area contributed by atoms with Crippen molar-refractivity contribution in [3.63, 3.8) is 0 Å². The Labute approximate surface area is 74.9 Å². The minimum atomic E-state index is -0.0515. The summed E-state index contributed by atoms with van der Waals surface area (Å²) in [5, 5.41) is 5.53. The Morgan fingerprint density at radius 1 is 1.17 bits per heavy atom. The Bertz CT molecular complexity index is 122. The van der Waals surface area contributed by atoms with Crippen LogP contribution in [0.2, 0.25) is 0 Å². The van der Waals surface area contributed by atoms with E-state index in [4.69, 9.17) is 0 Å². The molecule has 0 unspecified atom stereocenters. The second kappa shape index (κ2) is 6.95. The zero-order valence-corrected chi connectivity index (χ0v) is 8.31. The van der Waals surface area contributed by atoms with Crippen molar-refractivity contribution in [1.82, 2.24) is 10.6 Å². The molecule has 0 rings (SSSR count). The molecule has 0 fully saturated rings. The van der Waals surface area contributed by atoms with Gasteiger partial charge in [-0.2, -0.15) is 0 Å².